The number of nitrogens with one attached hydrogen (secondary N) is 2. The Morgan fingerprint density at radius 1 is 1.13 bits per heavy atom. The number of carbonyl (C=O) groups excluding carboxylic acids is 1. The van der Waals surface area contributed by atoms with Gasteiger partial charge in [0.2, 0.25) is 5.91 Å². The molecule has 2 rings (SSSR count). The van der Waals surface area contributed by atoms with E-state index in [-0.39, 0.29) is 35.8 Å². The molecule has 0 aliphatic heterocycles. The first-order valence-corrected chi connectivity index (χ1v) is 9.52. The summed E-state index contributed by atoms with van der Waals surface area (Å²) < 4.78 is 38.4. The third-order valence-corrected chi connectivity index (χ3v) is 4.75. The first-order chi connectivity index (χ1) is 14.0. The molecular weight excluding hydrogens is 397 g/mol. The molecule has 0 fully saturated rings. The maximum atomic E-state index is 12.8. The number of benzene rings is 2. The maximum Gasteiger partial charge on any atom is 0.416 e. The number of amides is 1. The summed E-state index contributed by atoms with van der Waals surface area (Å²) in [6.07, 6.45) is -4.16. The van der Waals surface area contributed by atoms with E-state index in [0.29, 0.717) is 12.1 Å². The van der Waals surface area contributed by atoms with Crippen molar-refractivity contribution in [3.63, 3.8) is 0 Å². The van der Waals surface area contributed by atoms with Gasteiger partial charge < -0.3 is 27.2 Å². The van der Waals surface area contributed by atoms with Crippen LogP contribution < -0.4 is 22.1 Å². The van der Waals surface area contributed by atoms with Crippen molar-refractivity contribution in [3.05, 3.63) is 53.6 Å². The monoisotopic (exact) mass is 424 g/mol. The first-order valence-electron chi connectivity index (χ1n) is 9.52. The van der Waals surface area contributed by atoms with Crippen molar-refractivity contribution in [3.8, 4) is 5.75 Å². The number of hydrogen-bond acceptors (Lipinski definition) is 5. The molecule has 1 amide bonds. The third kappa shape index (κ3) is 6.55. The normalized spacial score (nSPS) is 13.7. The summed E-state index contributed by atoms with van der Waals surface area (Å²) in [6, 6.07) is 8.50. The summed E-state index contributed by atoms with van der Waals surface area (Å²) in [4.78, 5) is 12.4. The number of phenolic OH excluding ortho intramolecular Hbond substituents is 1. The Morgan fingerprint density at radius 2 is 1.77 bits per heavy atom. The number of phenols is 1. The molecule has 0 heterocycles. The lowest BCUT2D eigenvalue weighted by Crippen LogP contribution is -2.47. The number of alkyl halides is 3. The van der Waals surface area contributed by atoms with Crippen molar-refractivity contribution in [2.75, 3.05) is 17.6 Å². The second-order valence-corrected chi connectivity index (χ2v) is 7.52. The maximum absolute atomic E-state index is 12.8. The molecule has 7 N–H and O–H groups in total. The highest BCUT2D eigenvalue weighted by atomic mass is 19.4. The van der Waals surface area contributed by atoms with E-state index in [1.807, 2.05) is 13.8 Å². The number of aromatic hydroxyl groups is 1. The number of nitrogen functional groups attached to an aromatic ring is 1. The SMILES string of the molecule is CC(C)[C@H](CNC(=O)[C@@H](N)Cc1ccc(O)cc1)Nc1ccc(C(F)(F)F)cc1N. The van der Waals surface area contributed by atoms with Gasteiger partial charge in [-0.3, -0.25) is 4.79 Å². The molecule has 30 heavy (non-hydrogen) atoms. The molecule has 2 aromatic rings. The molecule has 2 aromatic carbocycles. The zero-order valence-electron chi connectivity index (χ0n) is 16.8. The van der Waals surface area contributed by atoms with E-state index >= 15 is 0 Å². The average molecular weight is 424 g/mol. The van der Waals surface area contributed by atoms with Crippen molar-refractivity contribution in [2.45, 2.75) is 38.5 Å². The molecule has 0 unspecified atom stereocenters. The average Bonchev–Trinajstić information content (AvgIpc) is 2.66. The molecule has 9 heteroatoms. The largest absolute Gasteiger partial charge is 0.508 e. The van der Waals surface area contributed by atoms with Gasteiger partial charge in [-0.2, -0.15) is 13.2 Å². The van der Waals surface area contributed by atoms with Crippen LogP contribution in [-0.4, -0.2) is 29.6 Å². The lowest BCUT2D eigenvalue weighted by Gasteiger charge is -2.26. The third-order valence-electron chi connectivity index (χ3n) is 4.75. The molecular formula is C21H27F3N4O2. The van der Waals surface area contributed by atoms with Crippen LogP contribution in [0.1, 0.15) is 25.0 Å². The van der Waals surface area contributed by atoms with E-state index in [4.69, 9.17) is 11.5 Å². The smallest absolute Gasteiger partial charge is 0.416 e. The number of anilines is 2. The van der Waals surface area contributed by atoms with Gasteiger partial charge in [0, 0.05) is 12.6 Å². The quantitative estimate of drug-likeness (QED) is 0.418. The molecule has 0 saturated carbocycles. The molecule has 0 spiro atoms. The van der Waals surface area contributed by atoms with Crippen LogP contribution in [0.4, 0.5) is 24.5 Å². The molecule has 0 aliphatic carbocycles. The Hall–Kier alpha value is -2.94. The Bertz CT molecular complexity index is 854. The molecule has 6 nitrogen and oxygen atoms in total. The van der Waals surface area contributed by atoms with Crippen molar-refractivity contribution in [1.82, 2.24) is 5.32 Å². The molecule has 0 bridgehead atoms. The van der Waals surface area contributed by atoms with Crippen molar-refractivity contribution in [2.24, 2.45) is 11.7 Å². The Balaban J connectivity index is 1.97. The summed E-state index contributed by atoms with van der Waals surface area (Å²) in [5.74, 6) is -0.165. The highest BCUT2D eigenvalue weighted by Crippen LogP contribution is 2.33. The van der Waals surface area contributed by atoms with E-state index in [1.165, 1.54) is 18.2 Å². The Labute approximate surface area is 173 Å². The summed E-state index contributed by atoms with van der Waals surface area (Å²) in [6.45, 7) is 4.06. The number of nitrogens with two attached hydrogens (primary N) is 2. The van der Waals surface area contributed by atoms with Crippen LogP contribution in [0.5, 0.6) is 5.75 Å². The fourth-order valence-corrected chi connectivity index (χ4v) is 2.84. The minimum atomic E-state index is -4.47. The van der Waals surface area contributed by atoms with Crippen molar-refractivity contribution < 1.29 is 23.1 Å². The second kappa shape index (κ2) is 9.71. The van der Waals surface area contributed by atoms with E-state index in [2.05, 4.69) is 10.6 Å². The van der Waals surface area contributed by atoms with E-state index in [0.717, 1.165) is 17.7 Å². The van der Waals surface area contributed by atoms with E-state index in [1.54, 1.807) is 12.1 Å². The summed E-state index contributed by atoms with van der Waals surface area (Å²) >= 11 is 0. The molecule has 0 aromatic heterocycles. The van der Waals surface area contributed by atoms with E-state index < -0.39 is 17.8 Å². The van der Waals surface area contributed by atoms with Crippen molar-refractivity contribution in [1.29, 1.82) is 0 Å². The highest BCUT2D eigenvalue weighted by Gasteiger charge is 2.31. The predicted octanol–water partition coefficient (Wildman–Crippen LogP) is 3.12. The molecule has 0 saturated heterocycles. The lowest BCUT2D eigenvalue weighted by molar-refractivity contribution is -0.137. The number of halogens is 3. The zero-order valence-corrected chi connectivity index (χ0v) is 16.8. The van der Waals surface area contributed by atoms with Gasteiger partial charge in [0.05, 0.1) is 23.0 Å². The highest BCUT2D eigenvalue weighted by molar-refractivity contribution is 5.82. The van der Waals surface area contributed by atoms with Gasteiger partial charge in [-0.1, -0.05) is 26.0 Å². The minimum absolute atomic E-state index is 0.0224. The Morgan fingerprint density at radius 3 is 2.30 bits per heavy atom. The molecule has 0 radical (unpaired) electrons. The molecule has 164 valence electrons. The van der Waals surface area contributed by atoms with Crippen LogP contribution >= 0.6 is 0 Å². The lowest BCUT2D eigenvalue weighted by atomic mass is 10.0. The van der Waals surface area contributed by atoms with Gasteiger partial charge in [0.1, 0.15) is 5.75 Å². The van der Waals surface area contributed by atoms with Crippen LogP contribution in [-0.2, 0) is 17.4 Å². The summed E-state index contributed by atoms with van der Waals surface area (Å²) in [5, 5.41) is 15.2. The second-order valence-electron chi connectivity index (χ2n) is 7.52. The summed E-state index contributed by atoms with van der Waals surface area (Å²) in [5.41, 5.74) is 12.1. The number of carbonyl (C=O) groups is 1. The fourth-order valence-electron chi connectivity index (χ4n) is 2.84. The van der Waals surface area contributed by atoms with Crippen LogP contribution in [0.25, 0.3) is 0 Å². The van der Waals surface area contributed by atoms with Crippen LogP contribution in [0.3, 0.4) is 0 Å². The van der Waals surface area contributed by atoms with Gasteiger partial charge in [0.25, 0.3) is 0 Å². The molecule has 0 aliphatic rings. The minimum Gasteiger partial charge on any atom is -0.508 e. The van der Waals surface area contributed by atoms with Gasteiger partial charge in [-0.15, -0.1) is 0 Å². The van der Waals surface area contributed by atoms with Crippen LogP contribution in [0.15, 0.2) is 42.5 Å². The van der Waals surface area contributed by atoms with Crippen molar-refractivity contribution >= 4 is 17.3 Å². The summed E-state index contributed by atoms with van der Waals surface area (Å²) in [7, 11) is 0. The van der Waals surface area contributed by atoms with Gasteiger partial charge in [-0.05, 0) is 48.2 Å². The van der Waals surface area contributed by atoms with Gasteiger partial charge in [-0.25, -0.2) is 0 Å². The zero-order chi connectivity index (χ0) is 22.5. The number of rotatable bonds is 8. The predicted molar refractivity (Wildman–Crippen MR) is 111 cm³/mol. The first kappa shape index (κ1) is 23.3. The van der Waals surface area contributed by atoms with Crippen LogP contribution in [0, 0.1) is 5.92 Å². The van der Waals surface area contributed by atoms with Gasteiger partial charge >= 0.3 is 6.18 Å². The molecule has 2 atom stereocenters. The standard InChI is InChI=1S/C21H27F3N4O2/c1-12(2)19(28-18-8-5-14(10-16(18)25)21(22,23)24)11-27-20(30)17(26)9-13-3-6-15(29)7-4-13/h3-8,10,12,17,19,28-29H,9,11,25-26H2,1-2H3,(H,27,30)/t17-,19-/m0/s1. The number of hydrogen-bond donors (Lipinski definition) is 5. The Kier molecular flexibility index (Phi) is 7.55. The van der Waals surface area contributed by atoms with E-state index in [9.17, 15) is 23.1 Å². The van der Waals surface area contributed by atoms with Crippen LogP contribution in [0.2, 0.25) is 0 Å². The fraction of sp³-hybridized carbons (Fsp3) is 0.381. The topological polar surface area (TPSA) is 113 Å². The van der Waals surface area contributed by atoms with Gasteiger partial charge in [0.15, 0.2) is 0 Å².